The molecule has 12 rings (SSSR count). The van der Waals surface area contributed by atoms with Crippen molar-refractivity contribution in [2.24, 2.45) is 0 Å². The molecule has 4 heterocycles. The minimum Gasteiger partial charge on any atom is -0.309 e. The van der Waals surface area contributed by atoms with Crippen molar-refractivity contribution < 1.29 is 0 Å². The van der Waals surface area contributed by atoms with Crippen LogP contribution in [0.4, 0.5) is 0 Å². The average molecular weight is 689 g/mol. The largest absolute Gasteiger partial charge is 0.309 e. The van der Waals surface area contributed by atoms with Gasteiger partial charge in [0.25, 0.3) is 0 Å². The third kappa shape index (κ3) is 3.97. The summed E-state index contributed by atoms with van der Waals surface area (Å²) in [6.45, 7) is 0. The molecule has 8 aromatic carbocycles. The maximum Gasteiger partial charge on any atom is 0.0803 e. The Morgan fingerprint density at radius 1 is 0.185 bits per heavy atom. The maximum atomic E-state index is 2.45. The summed E-state index contributed by atoms with van der Waals surface area (Å²) in [6.07, 6.45) is 0. The number of fused-ring (bicyclic) bond motifs is 11. The van der Waals surface area contributed by atoms with Crippen LogP contribution in [0.15, 0.2) is 194 Å². The molecule has 0 amide bonds. The molecule has 0 spiro atoms. The summed E-state index contributed by atoms with van der Waals surface area (Å²) in [5, 5.41) is 7.53. The van der Waals surface area contributed by atoms with E-state index in [0.717, 1.165) is 22.7 Å². The monoisotopic (exact) mass is 688 g/mol. The molecule has 4 nitrogen and oxygen atoms in total. The highest BCUT2D eigenvalue weighted by Gasteiger charge is 2.22. The van der Waals surface area contributed by atoms with Gasteiger partial charge in [-0.25, -0.2) is 0 Å². The highest BCUT2D eigenvalue weighted by molar-refractivity contribution is 6.20. The normalized spacial score (nSPS) is 12.1. The molecule has 0 aliphatic heterocycles. The van der Waals surface area contributed by atoms with Gasteiger partial charge >= 0.3 is 0 Å². The van der Waals surface area contributed by atoms with E-state index < -0.39 is 0 Å². The van der Waals surface area contributed by atoms with Crippen LogP contribution >= 0.6 is 0 Å². The van der Waals surface area contributed by atoms with Gasteiger partial charge in [-0.2, -0.15) is 0 Å². The number of para-hydroxylation sites is 6. The molecule has 0 unspecified atom stereocenters. The van der Waals surface area contributed by atoms with Crippen molar-refractivity contribution in [2.75, 3.05) is 0 Å². The van der Waals surface area contributed by atoms with E-state index in [1.54, 1.807) is 0 Å². The molecule has 0 fully saturated rings. The number of hydrogen-bond acceptors (Lipinski definition) is 0. The predicted molar refractivity (Wildman–Crippen MR) is 226 cm³/mol. The first-order valence-corrected chi connectivity index (χ1v) is 18.5. The quantitative estimate of drug-likeness (QED) is 0.175. The van der Waals surface area contributed by atoms with Gasteiger partial charge < -0.3 is 18.3 Å². The Labute approximate surface area is 310 Å². The Bertz CT molecular complexity index is 3090. The lowest BCUT2D eigenvalue weighted by Gasteiger charge is -2.12. The Morgan fingerprint density at radius 2 is 0.389 bits per heavy atom. The van der Waals surface area contributed by atoms with Crippen LogP contribution in [0, 0.1) is 0 Å². The summed E-state index contributed by atoms with van der Waals surface area (Å²) >= 11 is 0. The number of benzene rings is 8. The zero-order chi connectivity index (χ0) is 35.3. The van der Waals surface area contributed by atoms with E-state index in [9.17, 15) is 0 Å². The summed E-state index contributed by atoms with van der Waals surface area (Å²) in [4.78, 5) is 0. The third-order valence-corrected chi connectivity index (χ3v) is 11.4. The molecule has 4 aromatic heterocycles. The summed E-state index contributed by atoms with van der Waals surface area (Å²) in [6, 6.07) is 70.6. The first-order valence-electron chi connectivity index (χ1n) is 18.5. The highest BCUT2D eigenvalue weighted by atomic mass is 15.1. The molecule has 252 valence electrons. The fourth-order valence-corrected chi connectivity index (χ4v) is 9.13. The topological polar surface area (TPSA) is 19.7 Å². The van der Waals surface area contributed by atoms with Gasteiger partial charge in [-0.15, -0.1) is 0 Å². The lowest BCUT2D eigenvalue weighted by atomic mass is 10.2. The van der Waals surface area contributed by atoms with E-state index in [-0.39, 0.29) is 0 Å². The Balaban J connectivity index is 1.05. The van der Waals surface area contributed by atoms with Crippen LogP contribution in [0.1, 0.15) is 0 Å². The van der Waals surface area contributed by atoms with Gasteiger partial charge in [0.05, 0.1) is 44.1 Å². The van der Waals surface area contributed by atoms with Crippen molar-refractivity contribution in [1.82, 2.24) is 18.3 Å². The Morgan fingerprint density at radius 3 is 0.667 bits per heavy atom. The molecule has 0 radical (unpaired) electrons. The second kappa shape index (κ2) is 11.1. The van der Waals surface area contributed by atoms with E-state index in [1.807, 2.05) is 0 Å². The van der Waals surface area contributed by atoms with Crippen molar-refractivity contribution in [3.05, 3.63) is 194 Å². The highest BCUT2D eigenvalue weighted by Crippen LogP contribution is 2.41. The lowest BCUT2D eigenvalue weighted by Crippen LogP contribution is -1.97. The molecular weight excluding hydrogens is 657 g/mol. The molecule has 0 aliphatic carbocycles. The molecule has 54 heavy (non-hydrogen) atoms. The Kier molecular flexibility index (Phi) is 6.02. The van der Waals surface area contributed by atoms with Gasteiger partial charge in [-0.3, -0.25) is 0 Å². The fourth-order valence-electron chi connectivity index (χ4n) is 9.13. The molecule has 0 atom stereocenters. The fraction of sp³-hybridized carbons (Fsp3) is 0. The van der Waals surface area contributed by atoms with Gasteiger partial charge in [0, 0.05) is 55.1 Å². The van der Waals surface area contributed by atoms with E-state index in [4.69, 9.17) is 0 Å². The van der Waals surface area contributed by atoms with Crippen molar-refractivity contribution in [3.8, 4) is 22.7 Å². The first kappa shape index (κ1) is 29.3. The molecule has 12 aromatic rings. The van der Waals surface area contributed by atoms with E-state index in [1.165, 1.54) is 76.5 Å². The van der Waals surface area contributed by atoms with Gasteiger partial charge in [-0.1, -0.05) is 109 Å². The Hall–Kier alpha value is -7.30. The predicted octanol–water partition coefficient (Wildman–Crippen LogP) is 12.9. The molecule has 0 aliphatic rings. The van der Waals surface area contributed by atoms with Crippen LogP contribution in [-0.4, -0.2) is 18.3 Å². The minimum atomic E-state index is 1.13. The van der Waals surface area contributed by atoms with Crippen LogP contribution in [0.5, 0.6) is 0 Å². The van der Waals surface area contributed by atoms with Crippen LogP contribution in [0.25, 0.3) is 99.2 Å². The third-order valence-electron chi connectivity index (χ3n) is 11.4. The van der Waals surface area contributed by atoms with Crippen molar-refractivity contribution >= 4 is 76.5 Å². The minimum absolute atomic E-state index is 1.13. The number of hydrogen-bond donors (Lipinski definition) is 0. The molecule has 0 bridgehead atoms. The molecule has 0 saturated carbocycles. The van der Waals surface area contributed by atoms with Gasteiger partial charge in [0.2, 0.25) is 0 Å². The standard InChI is InChI=1S/C50H32N4/c1-7-19-43-37(13-1)38-14-2-8-20-44(38)51(43)33-25-29-35(30-26-33)53-47-23-11-5-17-41(47)50-49(53)42-18-6-12-24-48(42)54(50)36-31-27-34(28-32-36)52-45-21-9-3-15-39(45)40-16-4-10-22-46(40)52/h1-32H. The second-order valence-electron chi connectivity index (χ2n) is 14.2. The molecule has 4 heteroatoms. The van der Waals surface area contributed by atoms with Gasteiger partial charge in [-0.05, 0) is 84.9 Å². The van der Waals surface area contributed by atoms with E-state index >= 15 is 0 Å². The summed E-state index contributed by atoms with van der Waals surface area (Å²) in [7, 11) is 0. The lowest BCUT2D eigenvalue weighted by molar-refractivity contribution is 1.14. The van der Waals surface area contributed by atoms with Crippen LogP contribution in [0.2, 0.25) is 0 Å². The zero-order valence-corrected chi connectivity index (χ0v) is 29.3. The van der Waals surface area contributed by atoms with E-state index in [2.05, 4.69) is 212 Å². The van der Waals surface area contributed by atoms with Gasteiger partial charge in [0.15, 0.2) is 0 Å². The summed E-state index contributed by atoms with van der Waals surface area (Å²) in [5.74, 6) is 0. The van der Waals surface area contributed by atoms with Crippen molar-refractivity contribution in [2.45, 2.75) is 0 Å². The second-order valence-corrected chi connectivity index (χ2v) is 14.2. The number of rotatable bonds is 4. The van der Waals surface area contributed by atoms with Crippen molar-refractivity contribution in [1.29, 1.82) is 0 Å². The van der Waals surface area contributed by atoms with E-state index in [0.29, 0.717) is 0 Å². The molecule has 0 N–H and O–H groups in total. The molecule has 0 saturated heterocycles. The average Bonchev–Trinajstić information content (AvgIpc) is 3.96. The van der Waals surface area contributed by atoms with Crippen LogP contribution in [-0.2, 0) is 0 Å². The van der Waals surface area contributed by atoms with Gasteiger partial charge in [0.1, 0.15) is 0 Å². The zero-order valence-electron chi connectivity index (χ0n) is 29.3. The number of nitrogens with zero attached hydrogens (tertiary/aromatic N) is 4. The maximum absolute atomic E-state index is 2.45. The van der Waals surface area contributed by atoms with Crippen molar-refractivity contribution in [3.63, 3.8) is 0 Å². The van der Waals surface area contributed by atoms with Crippen LogP contribution in [0.3, 0.4) is 0 Å². The SMILES string of the molecule is c1ccc2c(c1)c1ccccc1n2-c1ccc(-n2c3ccccc3c3c2c2ccccc2n3-c2ccc(-n3c4ccccc4c4ccccc43)cc2)cc1. The smallest absolute Gasteiger partial charge is 0.0803 e. The molecular formula is C50H32N4. The summed E-state index contributed by atoms with van der Waals surface area (Å²) in [5.41, 5.74) is 14.2. The first-order chi connectivity index (χ1) is 26.8. The van der Waals surface area contributed by atoms with Crippen LogP contribution < -0.4 is 0 Å². The number of aromatic nitrogens is 4. The summed E-state index contributed by atoms with van der Waals surface area (Å²) < 4.78 is 9.66.